The summed E-state index contributed by atoms with van der Waals surface area (Å²) < 4.78 is 0. The van der Waals surface area contributed by atoms with E-state index in [0.29, 0.717) is 16.3 Å². The Hall–Kier alpha value is -2.06. The number of nitrogens with zero attached hydrogens (tertiary/aromatic N) is 2. The van der Waals surface area contributed by atoms with Crippen LogP contribution in [-0.4, -0.2) is 23.5 Å². The quantitative estimate of drug-likeness (QED) is 0.880. The fraction of sp³-hybridized carbons (Fsp3) is 0.250. The second kappa shape index (κ2) is 4.67. The Bertz CT molecular complexity index is 565. The highest BCUT2D eigenvalue weighted by atomic mass is 35.5. The third-order valence-electron chi connectivity index (χ3n) is 2.80. The molecule has 1 atom stereocenters. The highest BCUT2D eigenvalue weighted by molar-refractivity contribution is 6.31. The molecule has 1 unspecified atom stereocenters. The van der Waals surface area contributed by atoms with Gasteiger partial charge in [-0.05, 0) is 18.2 Å². The summed E-state index contributed by atoms with van der Waals surface area (Å²) in [7, 11) is 0. The summed E-state index contributed by atoms with van der Waals surface area (Å²) in [6.07, 6.45) is -0.0241. The van der Waals surface area contributed by atoms with Gasteiger partial charge < -0.3 is 10.0 Å². The van der Waals surface area contributed by atoms with Crippen LogP contribution in [0.3, 0.4) is 0 Å². The Morgan fingerprint density at radius 3 is 2.78 bits per heavy atom. The van der Waals surface area contributed by atoms with Crippen molar-refractivity contribution in [1.29, 1.82) is 5.26 Å². The summed E-state index contributed by atoms with van der Waals surface area (Å²) >= 11 is 5.85. The van der Waals surface area contributed by atoms with Crippen molar-refractivity contribution in [3.8, 4) is 6.07 Å². The maximum absolute atomic E-state index is 11.7. The van der Waals surface area contributed by atoms with Crippen LogP contribution in [0.5, 0.6) is 0 Å². The minimum atomic E-state index is -0.992. The van der Waals surface area contributed by atoms with Crippen LogP contribution in [0.25, 0.3) is 0 Å². The number of aliphatic carboxylic acids is 1. The lowest BCUT2D eigenvalue weighted by Crippen LogP contribution is -2.25. The van der Waals surface area contributed by atoms with Gasteiger partial charge in [0.2, 0.25) is 5.91 Å². The molecule has 2 rings (SSSR count). The number of amides is 1. The number of hydrogen-bond donors (Lipinski definition) is 1. The zero-order chi connectivity index (χ0) is 13.3. The van der Waals surface area contributed by atoms with E-state index in [1.807, 2.05) is 6.07 Å². The van der Waals surface area contributed by atoms with Gasteiger partial charge in [-0.3, -0.25) is 9.59 Å². The predicted octanol–water partition coefficient (Wildman–Crippen LogP) is 1.65. The van der Waals surface area contributed by atoms with Gasteiger partial charge in [-0.2, -0.15) is 5.26 Å². The van der Waals surface area contributed by atoms with Gasteiger partial charge >= 0.3 is 5.97 Å². The third-order valence-corrected chi connectivity index (χ3v) is 3.02. The molecule has 0 spiro atoms. The molecule has 1 aromatic rings. The van der Waals surface area contributed by atoms with E-state index < -0.39 is 11.9 Å². The minimum Gasteiger partial charge on any atom is -0.481 e. The van der Waals surface area contributed by atoms with E-state index in [1.165, 1.54) is 17.0 Å². The van der Waals surface area contributed by atoms with Crippen molar-refractivity contribution < 1.29 is 14.7 Å². The van der Waals surface area contributed by atoms with E-state index in [4.69, 9.17) is 22.0 Å². The standard InChI is InChI=1S/C12H9ClN2O3/c13-9-1-7(5-14)2-10(4-9)15-6-8(12(17)18)3-11(15)16/h1-2,4,8H,3,6H2,(H,17,18). The number of halogens is 1. The van der Waals surface area contributed by atoms with Gasteiger partial charge in [-0.15, -0.1) is 0 Å². The number of carbonyl (C=O) groups is 2. The van der Waals surface area contributed by atoms with Crippen molar-refractivity contribution in [2.45, 2.75) is 6.42 Å². The van der Waals surface area contributed by atoms with Crippen LogP contribution >= 0.6 is 11.6 Å². The van der Waals surface area contributed by atoms with Crippen LogP contribution in [-0.2, 0) is 9.59 Å². The Labute approximate surface area is 108 Å². The van der Waals surface area contributed by atoms with Crippen LogP contribution in [0.2, 0.25) is 5.02 Å². The van der Waals surface area contributed by atoms with E-state index in [9.17, 15) is 9.59 Å². The second-order valence-electron chi connectivity index (χ2n) is 4.05. The number of nitriles is 1. The third kappa shape index (κ3) is 2.29. The number of benzene rings is 1. The molecule has 0 radical (unpaired) electrons. The largest absolute Gasteiger partial charge is 0.481 e. The smallest absolute Gasteiger partial charge is 0.308 e. The number of rotatable bonds is 2. The van der Waals surface area contributed by atoms with Crippen LogP contribution in [0, 0.1) is 17.2 Å². The molecular weight excluding hydrogens is 256 g/mol. The first-order chi connectivity index (χ1) is 8.51. The molecule has 0 saturated carbocycles. The number of hydrogen-bond acceptors (Lipinski definition) is 3. The molecule has 1 aliphatic rings. The zero-order valence-corrected chi connectivity index (χ0v) is 10.0. The molecule has 1 amide bonds. The Morgan fingerprint density at radius 1 is 1.50 bits per heavy atom. The maximum Gasteiger partial charge on any atom is 0.308 e. The molecule has 6 heteroatoms. The van der Waals surface area contributed by atoms with Crippen molar-refractivity contribution in [1.82, 2.24) is 0 Å². The molecule has 1 aromatic carbocycles. The van der Waals surface area contributed by atoms with Crippen molar-refractivity contribution in [3.63, 3.8) is 0 Å². The van der Waals surface area contributed by atoms with Gasteiger partial charge in [0.1, 0.15) is 0 Å². The maximum atomic E-state index is 11.7. The molecule has 0 aliphatic carbocycles. The number of anilines is 1. The average molecular weight is 265 g/mol. The average Bonchev–Trinajstić information content (AvgIpc) is 2.70. The molecule has 18 heavy (non-hydrogen) atoms. The van der Waals surface area contributed by atoms with E-state index in [0.717, 1.165) is 0 Å². The monoisotopic (exact) mass is 264 g/mol. The fourth-order valence-electron chi connectivity index (χ4n) is 1.92. The SMILES string of the molecule is N#Cc1cc(Cl)cc(N2CC(C(=O)O)CC2=O)c1. The molecule has 1 heterocycles. The first-order valence-corrected chi connectivity index (χ1v) is 5.63. The van der Waals surface area contributed by atoms with Crippen LogP contribution in [0.15, 0.2) is 18.2 Å². The van der Waals surface area contributed by atoms with E-state index in [-0.39, 0.29) is 18.9 Å². The highest BCUT2D eigenvalue weighted by Gasteiger charge is 2.35. The summed E-state index contributed by atoms with van der Waals surface area (Å²) in [5.74, 6) is -1.97. The minimum absolute atomic E-state index is 0.0241. The van der Waals surface area contributed by atoms with Gasteiger partial charge in [0, 0.05) is 23.7 Å². The zero-order valence-electron chi connectivity index (χ0n) is 9.26. The first kappa shape index (κ1) is 12.4. The molecule has 0 bridgehead atoms. The Morgan fingerprint density at radius 2 is 2.22 bits per heavy atom. The number of carbonyl (C=O) groups excluding carboxylic acids is 1. The summed E-state index contributed by atoms with van der Waals surface area (Å²) in [6, 6.07) is 6.50. The lowest BCUT2D eigenvalue weighted by atomic mass is 10.1. The van der Waals surface area contributed by atoms with Gasteiger partial charge in [-0.25, -0.2) is 0 Å². The summed E-state index contributed by atoms with van der Waals surface area (Å²) in [4.78, 5) is 23.9. The first-order valence-electron chi connectivity index (χ1n) is 5.25. The number of carboxylic acid groups (broad SMARTS) is 1. The molecular formula is C12H9ClN2O3. The Kier molecular flexibility index (Phi) is 3.21. The van der Waals surface area contributed by atoms with E-state index in [2.05, 4.69) is 0 Å². The summed E-state index contributed by atoms with van der Waals surface area (Å²) in [5, 5.41) is 18.1. The van der Waals surface area contributed by atoms with Gasteiger partial charge in [-0.1, -0.05) is 11.6 Å². The molecule has 1 N–H and O–H groups in total. The molecule has 1 saturated heterocycles. The van der Waals surface area contributed by atoms with Gasteiger partial charge in [0.25, 0.3) is 0 Å². The normalized spacial score (nSPS) is 18.8. The van der Waals surface area contributed by atoms with E-state index in [1.54, 1.807) is 6.07 Å². The van der Waals surface area contributed by atoms with E-state index >= 15 is 0 Å². The predicted molar refractivity (Wildman–Crippen MR) is 64.3 cm³/mol. The number of carboxylic acids is 1. The van der Waals surface area contributed by atoms with Crippen LogP contribution < -0.4 is 4.90 Å². The van der Waals surface area contributed by atoms with Crippen molar-refractivity contribution in [3.05, 3.63) is 28.8 Å². The molecule has 0 aromatic heterocycles. The summed E-state index contributed by atoms with van der Waals surface area (Å²) in [6.45, 7) is 0.110. The van der Waals surface area contributed by atoms with Crippen molar-refractivity contribution in [2.24, 2.45) is 5.92 Å². The molecule has 1 aliphatic heterocycles. The highest BCUT2D eigenvalue weighted by Crippen LogP contribution is 2.28. The van der Waals surface area contributed by atoms with Crippen LogP contribution in [0.1, 0.15) is 12.0 Å². The molecule has 5 nitrogen and oxygen atoms in total. The Balaban J connectivity index is 2.33. The molecule has 1 fully saturated rings. The molecule has 92 valence electrons. The fourth-order valence-corrected chi connectivity index (χ4v) is 2.15. The lowest BCUT2D eigenvalue weighted by Gasteiger charge is -2.16. The van der Waals surface area contributed by atoms with Gasteiger partial charge in [0.05, 0.1) is 17.6 Å². The van der Waals surface area contributed by atoms with Crippen molar-refractivity contribution >= 4 is 29.2 Å². The topological polar surface area (TPSA) is 81.4 Å². The second-order valence-corrected chi connectivity index (χ2v) is 4.49. The lowest BCUT2D eigenvalue weighted by molar-refractivity contribution is -0.141. The van der Waals surface area contributed by atoms with Crippen LogP contribution in [0.4, 0.5) is 5.69 Å². The summed E-state index contributed by atoms with van der Waals surface area (Å²) in [5.41, 5.74) is 0.803. The van der Waals surface area contributed by atoms with Crippen molar-refractivity contribution in [2.75, 3.05) is 11.4 Å². The van der Waals surface area contributed by atoms with Gasteiger partial charge in [0.15, 0.2) is 0 Å².